The Balaban J connectivity index is 2.87. The fourth-order valence-electron chi connectivity index (χ4n) is 3.27. The molecule has 116 valence electrons. The number of rotatable bonds is 1. The molecule has 0 fully saturated rings. The average Bonchev–Trinajstić information content (AvgIpc) is 2.56. The molecule has 22 heavy (non-hydrogen) atoms. The molecule has 0 aromatic heterocycles. The number of carbonyl (C=O) groups is 1. The maximum atomic E-state index is 12.8. The van der Waals surface area contributed by atoms with E-state index >= 15 is 0 Å². The molecule has 0 bridgehead atoms. The molecule has 1 aromatic carbocycles. The molecule has 2 heteroatoms. The van der Waals surface area contributed by atoms with Crippen LogP contribution in [-0.2, 0) is 10.2 Å². The second kappa shape index (κ2) is 4.81. The molecule has 0 saturated carbocycles. The highest BCUT2D eigenvalue weighted by Crippen LogP contribution is 2.59. The summed E-state index contributed by atoms with van der Waals surface area (Å²) in [5.41, 5.74) is 2.51. The maximum absolute atomic E-state index is 12.8. The summed E-state index contributed by atoms with van der Waals surface area (Å²) in [4.78, 5) is 12.8. The molecule has 0 N–H and O–H groups in total. The van der Waals surface area contributed by atoms with Gasteiger partial charge in [-0.25, -0.2) is 0 Å². The summed E-state index contributed by atoms with van der Waals surface area (Å²) in [5, 5.41) is 9.72. The zero-order chi connectivity index (χ0) is 16.9. The quantitative estimate of drug-likeness (QED) is 0.546. The molecule has 0 amide bonds. The van der Waals surface area contributed by atoms with Gasteiger partial charge in [0.1, 0.15) is 6.07 Å². The van der Waals surface area contributed by atoms with Crippen LogP contribution in [0.4, 0.5) is 0 Å². The van der Waals surface area contributed by atoms with E-state index in [-0.39, 0.29) is 16.6 Å². The molecule has 1 aliphatic rings. The Hall–Kier alpha value is -1.88. The standard InChI is InChI=1S/C20H25NO/c1-18(2,3)17(22)14(12-21)16-13-10-8-9-11-15(13)19(4,5)20(16,6)7/h8-11H,1-7H3. The van der Waals surface area contributed by atoms with E-state index in [4.69, 9.17) is 0 Å². The van der Waals surface area contributed by atoms with Gasteiger partial charge in [0, 0.05) is 10.8 Å². The van der Waals surface area contributed by atoms with Crippen LogP contribution in [0, 0.1) is 22.2 Å². The number of hydrogen-bond donors (Lipinski definition) is 0. The molecule has 2 rings (SSSR count). The van der Waals surface area contributed by atoms with E-state index in [2.05, 4.69) is 39.8 Å². The van der Waals surface area contributed by atoms with Crippen molar-refractivity contribution < 1.29 is 4.79 Å². The van der Waals surface area contributed by atoms with Crippen molar-refractivity contribution in [2.45, 2.75) is 53.9 Å². The summed E-state index contributed by atoms with van der Waals surface area (Å²) in [5.74, 6) is -0.0782. The third-order valence-electron chi connectivity index (χ3n) is 5.33. The smallest absolute Gasteiger partial charge is 0.178 e. The molecule has 0 radical (unpaired) electrons. The van der Waals surface area contributed by atoms with Gasteiger partial charge < -0.3 is 0 Å². The van der Waals surface area contributed by atoms with Crippen LogP contribution in [-0.4, -0.2) is 5.78 Å². The van der Waals surface area contributed by atoms with Gasteiger partial charge in [-0.1, -0.05) is 72.7 Å². The number of nitrogens with zero attached hydrogens (tertiary/aromatic N) is 1. The monoisotopic (exact) mass is 295 g/mol. The van der Waals surface area contributed by atoms with E-state index in [1.807, 2.05) is 39.0 Å². The molecule has 0 aliphatic heterocycles. The fourth-order valence-corrected chi connectivity index (χ4v) is 3.27. The zero-order valence-electron chi connectivity index (χ0n) is 14.7. The Bertz CT molecular complexity index is 706. The van der Waals surface area contributed by atoms with Gasteiger partial charge in [0.05, 0.1) is 5.57 Å². The second-order valence-corrected chi connectivity index (χ2v) is 8.24. The van der Waals surface area contributed by atoms with Crippen LogP contribution in [0.3, 0.4) is 0 Å². The van der Waals surface area contributed by atoms with E-state index in [1.54, 1.807) is 0 Å². The predicted octanol–water partition coefficient (Wildman–Crippen LogP) is 4.90. The number of carbonyl (C=O) groups excluding carboxylic acids is 1. The van der Waals surface area contributed by atoms with Gasteiger partial charge in [-0.15, -0.1) is 0 Å². The van der Waals surface area contributed by atoms with Gasteiger partial charge in [-0.2, -0.15) is 5.26 Å². The second-order valence-electron chi connectivity index (χ2n) is 8.24. The molecule has 0 unspecified atom stereocenters. The Morgan fingerprint density at radius 2 is 1.59 bits per heavy atom. The van der Waals surface area contributed by atoms with E-state index in [0.29, 0.717) is 5.57 Å². The molecule has 0 spiro atoms. The SMILES string of the molecule is CC(C)(C)C(=O)C(C#N)=C1c2ccccc2C(C)(C)C1(C)C. The van der Waals surface area contributed by atoms with Crippen molar-refractivity contribution in [2.75, 3.05) is 0 Å². The van der Waals surface area contributed by atoms with E-state index in [1.165, 1.54) is 5.56 Å². The summed E-state index contributed by atoms with van der Waals surface area (Å²) in [6.45, 7) is 14.3. The number of benzene rings is 1. The first-order valence-corrected chi connectivity index (χ1v) is 7.76. The normalized spacial score (nSPS) is 21.0. The lowest BCUT2D eigenvalue weighted by Crippen LogP contribution is -2.33. The minimum atomic E-state index is -0.560. The average molecular weight is 295 g/mol. The first kappa shape index (κ1) is 16.5. The highest BCUT2D eigenvalue weighted by molar-refractivity contribution is 6.10. The molecule has 1 aromatic rings. The summed E-state index contributed by atoms with van der Waals surface area (Å²) in [6.07, 6.45) is 0. The summed E-state index contributed by atoms with van der Waals surface area (Å²) >= 11 is 0. The van der Waals surface area contributed by atoms with Gasteiger partial charge >= 0.3 is 0 Å². The number of Topliss-reactive ketones (excluding diaryl/α,β-unsaturated/α-hetero) is 1. The first-order valence-electron chi connectivity index (χ1n) is 7.76. The highest BCUT2D eigenvalue weighted by Gasteiger charge is 2.51. The lowest BCUT2D eigenvalue weighted by Gasteiger charge is -2.37. The third kappa shape index (κ3) is 2.11. The first-order chi connectivity index (χ1) is 9.96. The van der Waals surface area contributed by atoms with Crippen LogP contribution < -0.4 is 0 Å². The summed E-state index contributed by atoms with van der Waals surface area (Å²) in [6, 6.07) is 10.4. The van der Waals surface area contributed by atoms with Crippen molar-refractivity contribution in [1.82, 2.24) is 0 Å². The molecular weight excluding hydrogens is 270 g/mol. The highest BCUT2D eigenvalue weighted by atomic mass is 16.1. The summed E-state index contributed by atoms with van der Waals surface area (Å²) < 4.78 is 0. The van der Waals surface area contributed by atoms with Crippen molar-refractivity contribution >= 4 is 11.4 Å². The largest absolute Gasteiger partial charge is 0.293 e. The van der Waals surface area contributed by atoms with Gasteiger partial charge in [0.2, 0.25) is 0 Å². The van der Waals surface area contributed by atoms with Crippen molar-refractivity contribution in [2.24, 2.45) is 10.8 Å². The Labute approximate surface area is 133 Å². The molecule has 0 atom stereocenters. The lowest BCUT2D eigenvalue weighted by molar-refractivity contribution is -0.122. The van der Waals surface area contributed by atoms with Crippen molar-refractivity contribution in [1.29, 1.82) is 5.26 Å². The molecule has 2 nitrogen and oxygen atoms in total. The van der Waals surface area contributed by atoms with E-state index in [9.17, 15) is 10.1 Å². The minimum Gasteiger partial charge on any atom is -0.293 e. The maximum Gasteiger partial charge on any atom is 0.178 e. The van der Waals surface area contributed by atoms with Crippen molar-refractivity contribution in [3.05, 3.63) is 41.0 Å². The van der Waals surface area contributed by atoms with Crippen LogP contribution in [0.25, 0.3) is 5.57 Å². The molecular formula is C20H25NO. The number of allylic oxidation sites excluding steroid dienone is 2. The van der Waals surface area contributed by atoms with Crippen LogP contribution >= 0.6 is 0 Å². The number of hydrogen-bond acceptors (Lipinski definition) is 2. The molecule has 1 aliphatic carbocycles. The number of ketones is 1. The van der Waals surface area contributed by atoms with Gasteiger partial charge in [0.15, 0.2) is 5.78 Å². The van der Waals surface area contributed by atoms with E-state index < -0.39 is 5.41 Å². The topological polar surface area (TPSA) is 40.9 Å². The third-order valence-corrected chi connectivity index (χ3v) is 5.33. The lowest BCUT2D eigenvalue weighted by atomic mass is 9.65. The van der Waals surface area contributed by atoms with Crippen LogP contribution in [0.1, 0.15) is 59.6 Å². The van der Waals surface area contributed by atoms with Crippen LogP contribution in [0.15, 0.2) is 29.8 Å². The fraction of sp³-hybridized carbons (Fsp3) is 0.500. The Morgan fingerprint density at radius 3 is 2.09 bits per heavy atom. The molecule has 0 saturated heterocycles. The number of fused-ring (bicyclic) bond motifs is 1. The number of nitriles is 1. The van der Waals surface area contributed by atoms with Crippen molar-refractivity contribution in [3.8, 4) is 6.07 Å². The Morgan fingerprint density at radius 1 is 1.05 bits per heavy atom. The Kier molecular flexibility index (Phi) is 3.61. The minimum absolute atomic E-state index is 0.0782. The molecule has 0 heterocycles. The predicted molar refractivity (Wildman–Crippen MR) is 90.2 cm³/mol. The van der Waals surface area contributed by atoms with Gasteiger partial charge in [0.25, 0.3) is 0 Å². The van der Waals surface area contributed by atoms with Crippen LogP contribution in [0.2, 0.25) is 0 Å². The van der Waals surface area contributed by atoms with Gasteiger partial charge in [-0.05, 0) is 22.1 Å². The zero-order valence-corrected chi connectivity index (χ0v) is 14.7. The van der Waals surface area contributed by atoms with Crippen molar-refractivity contribution in [3.63, 3.8) is 0 Å². The van der Waals surface area contributed by atoms with Gasteiger partial charge in [-0.3, -0.25) is 4.79 Å². The van der Waals surface area contributed by atoms with Crippen LogP contribution in [0.5, 0.6) is 0 Å². The summed E-state index contributed by atoms with van der Waals surface area (Å²) in [7, 11) is 0. The van der Waals surface area contributed by atoms with E-state index in [0.717, 1.165) is 11.1 Å².